The van der Waals surface area contributed by atoms with Crippen LogP contribution in [-0.4, -0.2) is 51.2 Å². The Bertz CT molecular complexity index is 1160. The van der Waals surface area contributed by atoms with Crippen LogP contribution >= 0.6 is 11.6 Å². The van der Waals surface area contributed by atoms with E-state index in [1.807, 2.05) is 0 Å². The molecule has 1 aliphatic heterocycles. The summed E-state index contributed by atoms with van der Waals surface area (Å²) in [5.41, 5.74) is -1.95. The number of nitrogens with zero attached hydrogens (tertiary/aromatic N) is 2. The fourth-order valence-corrected chi connectivity index (χ4v) is 4.87. The van der Waals surface area contributed by atoms with Gasteiger partial charge < -0.3 is 25.0 Å². The molecule has 8 nitrogen and oxygen atoms in total. The highest BCUT2D eigenvalue weighted by Crippen LogP contribution is 2.48. The first kappa shape index (κ1) is 22.3. The molecule has 1 saturated carbocycles. The zero-order valence-corrected chi connectivity index (χ0v) is 18.2. The average Bonchev–Trinajstić information content (AvgIpc) is 2.75. The third-order valence-electron chi connectivity index (χ3n) is 6.36. The minimum absolute atomic E-state index is 0.0120. The van der Waals surface area contributed by atoms with E-state index in [0.717, 1.165) is 0 Å². The number of rotatable bonds is 5. The molecule has 0 unspecified atom stereocenters. The van der Waals surface area contributed by atoms with Crippen LogP contribution in [-0.2, 0) is 12.1 Å². The zero-order valence-electron chi connectivity index (χ0n) is 17.4. The lowest BCUT2D eigenvalue weighted by atomic mass is 9.67. The van der Waals surface area contributed by atoms with Gasteiger partial charge in [0.05, 0.1) is 10.6 Å². The number of aliphatic hydroxyl groups is 1. The van der Waals surface area contributed by atoms with E-state index >= 15 is 0 Å². The Labute approximate surface area is 188 Å². The summed E-state index contributed by atoms with van der Waals surface area (Å²) in [5, 5.41) is 22.5. The molecule has 2 amide bonds. The monoisotopic (exact) mass is 463 g/mol. The summed E-state index contributed by atoms with van der Waals surface area (Å²) in [6.45, 7) is 2.32. The molecule has 3 N–H and O–H groups in total. The van der Waals surface area contributed by atoms with Crippen LogP contribution in [0.4, 0.5) is 4.39 Å². The number of hydrogen-bond acceptors (Lipinski definition) is 5. The molecule has 0 atom stereocenters. The van der Waals surface area contributed by atoms with Crippen molar-refractivity contribution in [3.63, 3.8) is 0 Å². The molecule has 2 aliphatic rings. The Morgan fingerprint density at radius 1 is 1.34 bits per heavy atom. The lowest BCUT2D eigenvalue weighted by molar-refractivity contribution is -0.0142. The van der Waals surface area contributed by atoms with Gasteiger partial charge in [-0.2, -0.15) is 0 Å². The summed E-state index contributed by atoms with van der Waals surface area (Å²) in [6, 6.07) is 4.37. The summed E-state index contributed by atoms with van der Waals surface area (Å²) >= 11 is 5.76. The topological polar surface area (TPSA) is 112 Å². The SMILES string of the molecule is CCN1CC2(CC(CO)C2)n2cc(C(=O)NCc3cccc(Cl)c3F)c(=O)c(O)c2C1=O. The highest BCUT2D eigenvalue weighted by molar-refractivity contribution is 6.30. The zero-order chi connectivity index (χ0) is 23.2. The number of nitrogens with one attached hydrogen (secondary N) is 1. The van der Waals surface area contributed by atoms with Gasteiger partial charge in [-0.15, -0.1) is 0 Å². The number of halogens is 2. The van der Waals surface area contributed by atoms with E-state index in [4.69, 9.17) is 11.6 Å². The van der Waals surface area contributed by atoms with Gasteiger partial charge in [-0.25, -0.2) is 4.39 Å². The van der Waals surface area contributed by atoms with E-state index in [-0.39, 0.29) is 40.9 Å². The maximum absolute atomic E-state index is 14.1. The Morgan fingerprint density at radius 3 is 2.72 bits per heavy atom. The minimum atomic E-state index is -0.972. The van der Waals surface area contributed by atoms with Crippen molar-refractivity contribution >= 4 is 23.4 Å². The molecule has 1 spiro atoms. The molecule has 1 fully saturated rings. The molecule has 1 aromatic carbocycles. The summed E-state index contributed by atoms with van der Waals surface area (Å²) in [5.74, 6) is -2.74. The van der Waals surface area contributed by atoms with Gasteiger partial charge in [-0.3, -0.25) is 14.4 Å². The molecule has 0 saturated heterocycles. The lowest BCUT2D eigenvalue weighted by Crippen LogP contribution is -2.61. The predicted octanol–water partition coefficient (Wildman–Crippen LogP) is 1.85. The minimum Gasteiger partial charge on any atom is -0.503 e. The number of hydrogen-bond donors (Lipinski definition) is 3. The normalized spacial score (nSPS) is 21.9. The second-order valence-corrected chi connectivity index (χ2v) is 8.74. The summed E-state index contributed by atoms with van der Waals surface area (Å²) in [7, 11) is 0. The quantitative estimate of drug-likeness (QED) is 0.626. The Balaban J connectivity index is 1.71. The number of benzene rings is 1. The van der Waals surface area contributed by atoms with E-state index in [9.17, 15) is 29.0 Å². The third-order valence-corrected chi connectivity index (χ3v) is 6.65. The Morgan fingerprint density at radius 2 is 2.06 bits per heavy atom. The van der Waals surface area contributed by atoms with E-state index in [2.05, 4.69) is 5.32 Å². The van der Waals surface area contributed by atoms with Gasteiger partial charge in [-0.1, -0.05) is 23.7 Å². The molecule has 0 radical (unpaired) electrons. The van der Waals surface area contributed by atoms with Crippen molar-refractivity contribution in [1.29, 1.82) is 0 Å². The molecule has 4 rings (SSSR count). The van der Waals surface area contributed by atoms with Crippen molar-refractivity contribution in [2.45, 2.75) is 31.8 Å². The molecular formula is C22H23ClFN3O5. The molecule has 10 heteroatoms. The van der Waals surface area contributed by atoms with Crippen molar-refractivity contribution < 1.29 is 24.2 Å². The maximum Gasteiger partial charge on any atom is 0.274 e. The highest BCUT2D eigenvalue weighted by Gasteiger charge is 2.52. The summed E-state index contributed by atoms with van der Waals surface area (Å²) in [4.78, 5) is 40.0. The summed E-state index contributed by atoms with van der Waals surface area (Å²) in [6.07, 6.45) is 2.37. The smallest absolute Gasteiger partial charge is 0.274 e. The van der Waals surface area contributed by atoms with Crippen molar-refractivity contribution in [2.75, 3.05) is 19.7 Å². The number of aromatic hydroxyl groups is 1. The molecule has 1 aromatic heterocycles. The van der Waals surface area contributed by atoms with E-state index in [0.29, 0.717) is 25.9 Å². The van der Waals surface area contributed by atoms with Gasteiger partial charge in [0.2, 0.25) is 5.43 Å². The van der Waals surface area contributed by atoms with E-state index < -0.39 is 34.3 Å². The van der Waals surface area contributed by atoms with Crippen LogP contribution in [0.25, 0.3) is 0 Å². The Hall–Kier alpha value is -2.91. The fourth-order valence-electron chi connectivity index (χ4n) is 4.68. The second-order valence-electron chi connectivity index (χ2n) is 8.34. The van der Waals surface area contributed by atoms with E-state index in [1.165, 1.54) is 29.0 Å². The molecule has 0 bridgehead atoms. The van der Waals surface area contributed by atoms with Crippen LogP contribution in [0.1, 0.15) is 46.2 Å². The van der Waals surface area contributed by atoms with Gasteiger partial charge >= 0.3 is 0 Å². The van der Waals surface area contributed by atoms with Gasteiger partial charge in [0, 0.05) is 38.0 Å². The number of aliphatic hydroxyl groups excluding tert-OH is 1. The standard InChI is InChI=1S/C22H23ClFN3O5/c1-2-26-11-22(6-12(7-22)10-28)27-9-14(18(29)19(30)17(27)21(26)32)20(31)25-8-13-4-3-5-15(23)16(13)24/h3-5,9,12,28,30H,2,6-8,10-11H2,1H3,(H,25,31). The van der Waals surface area contributed by atoms with Crippen LogP contribution in [0.5, 0.6) is 5.75 Å². The molecule has 170 valence electrons. The largest absolute Gasteiger partial charge is 0.503 e. The maximum atomic E-state index is 14.1. The first-order chi connectivity index (χ1) is 15.2. The van der Waals surface area contributed by atoms with Crippen molar-refractivity contribution in [1.82, 2.24) is 14.8 Å². The van der Waals surface area contributed by atoms with Crippen LogP contribution in [0.3, 0.4) is 0 Å². The fraction of sp³-hybridized carbons (Fsp3) is 0.409. The van der Waals surface area contributed by atoms with Crippen molar-refractivity contribution in [3.8, 4) is 5.75 Å². The van der Waals surface area contributed by atoms with Gasteiger partial charge in [0.1, 0.15) is 11.4 Å². The molecular weight excluding hydrogens is 441 g/mol. The van der Waals surface area contributed by atoms with Gasteiger partial charge in [-0.05, 0) is 31.7 Å². The number of carbonyl (C=O) groups is 2. The van der Waals surface area contributed by atoms with Crippen LogP contribution in [0, 0.1) is 11.7 Å². The molecule has 1 aliphatic carbocycles. The Kier molecular flexibility index (Phi) is 5.72. The van der Waals surface area contributed by atoms with Gasteiger partial charge in [0.15, 0.2) is 11.4 Å². The summed E-state index contributed by atoms with van der Waals surface area (Å²) < 4.78 is 15.6. The average molecular weight is 464 g/mol. The van der Waals surface area contributed by atoms with Crippen LogP contribution < -0.4 is 10.7 Å². The first-order valence-corrected chi connectivity index (χ1v) is 10.7. The second kappa shape index (κ2) is 8.22. The first-order valence-electron chi connectivity index (χ1n) is 10.3. The third kappa shape index (κ3) is 3.45. The number of amides is 2. The van der Waals surface area contributed by atoms with Crippen molar-refractivity contribution in [3.05, 3.63) is 62.3 Å². The number of fused-ring (bicyclic) bond motifs is 2. The number of aromatic nitrogens is 1. The van der Waals surface area contributed by atoms with Crippen molar-refractivity contribution in [2.24, 2.45) is 5.92 Å². The molecule has 32 heavy (non-hydrogen) atoms. The molecule has 2 aromatic rings. The number of carbonyl (C=O) groups excluding carboxylic acids is 2. The van der Waals surface area contributed by atoms with Gasteiger partial charge in [0.25, 0.3) is 11.8 Å². The van der Waals surface area contributed by atoms with Crippen LogP contribution in [0.15, 0.2) is 29.2 Å². The van der Waals surface area contributed by atoms with E-state index in [1.54, 1.807) is 11.8 Å². The molecule has 2 heterocycles. The number of likely N-dealkylation sites (N-methyl/N-ethyl adjacent to an activating group) is 1. The highest BCUT2D eigenvalue weighted by atomic mass is 35.5. The predicted molar refractivity (Wildman–Crippen MR) is 114 cm³/mol. The number of pyridine rings is 1. The van der Waals surface area contributed by atoms with Crippen LogP contribution in [0.2, 0.25) is 5.02 Å². The lowest BCUT2D eigenvalue weighted by Gasteiger charge is -2.54.